The summed E-state index contributed by atoms with van der Waals surface area (Å²) in [5.74, 6) is -0.417. The number of likely N-dealkylation sites (tertiary alicyclic amines) is 1. The Kier molecular flexibility index (Phi) is 6.75. The first-order valence-electron chi connectivity index (χ1n) is 9.13. The molecule has 1 aliphatic rings. The Bertz CT molecular complexity index is 805. The van der Waals surface area contributed by atoms with Crippen LogP contribution in [0.25, 0.3) is 0 Å². The third-order valence-electron chi connectivity index (χ3n) is 4.73. The molecule has 4 nitrogen and oxygen atoms in total. The number of hydrogen-bond acceptors (Lipinski definition) is 2. The van der Waals surface area contributed by atoms with Crippen molar-refractivity contribution in [2.75, 3.05) is 13.1 Å². The predicted molar refractivity (Wildman–Crippen MR) is 108 cm³/mol. The molecule has 0 spiro atoms. The van der Waals surface area contributed by atoms with Crippen LogP contribution in [0, 0.1) is 0 Å². The van der Waals surface area contributed by atoms with Crippen molar-refractivity contribution in [2.24, 2.45) is 0 Å². The summed E-state index contributed by atoms with van der Waals surface area (Å²) in [6, 6.07) is 13.8. The Labute approximate surface area is 169 Å². The largest absolute Gasteiger partial charge is 0.341 e. The Hall–Kier alpha value is -2.04. The van der Waals surface area contributed by atoms with Crippen LogP contribution in [0.1, 0.15) is 35.2 Å². The summed E-state index contributed by atoms with van der Waals surface area (Å²) >= 11 is 12.1. The predicted octanol–water partition coefficient (Wildman–Crippen LogP) is 4.35. The van der Waals surface area contributed by atoms with E-state index in [9.17, 15) is 9.59 Å². The average molecular weight is 405 g/mol. The van der Waals surface area contributed by atoms with Gasteiger partial charge in [0.2, 0.25) is 5.91 Å². The van der Waals surface area contributed by atoms with E-state index in [1.807, 2.05) is 35.2 Å². The number of rotatable bonds is 5. The number of hydrogen-bond donors (Lipinski definition) is 1. The molecule has 1 saturated heterocycles. The smallest absolute Gasteiger partial charge is 0.253 e. The van der Waals surface area contributed by atoms with Gasteiger partial charge in [-0.25, -0.2) is 0 Å². The van der Waals surface area contributed by atoms with E-state index in [4.69, 9.17) is 23.2 Å². The summed E-state index contributed by atoms with van der Waals surface area (Å²) in [4.78, 5) is 27.7. The lowest BCUT2D eigenvalue weighted by Crippen LogP contribution is -2.51. The summed E-state index contributed by atoms with van der Waals surface area (Å²) in [6.07, 6.45) is 3.58. The molecule has 2 aromatic rings. The number of nitrogens with one attached hydrogen (secondary N) is 1. The molecule has 6 heteroatoms. The molecule has 0 aromatic heterocycles. The molecule has 1 unspecified atom stereocenters. The topological polar surface area (TPSA) is 49.4 Å². The van der Waals surface area contributed by atoms with Gasteiger partial charge in [0.25, 0.3) is 5.91 Å². The zero-order valence-electron chi connectivity index (χ0n) is 15.0. The van der Waals surface area contributed by atoms with Gasteiger partial charge in [-0.15, -0.1) is 0 Å². The van der Waals surface area contributed by atoms with Gasteiger partial charge in [0.15, 0.2) is 0 Å². The van der Waals surface area contributed by atoms with Crippen molar-refractivity contribution in [1.82, 2.24) is 10.2 Å². The maximum absolute atomic E-state index is 13.1. The fourth-order valence-electron chi connectivity index (χ4n) is 3.29. The Morgan fingerprint density at radius 2 is 1.70 bits per heavy atom. The standard InChI is InChI=1S/C21H22Cl2N2O2/c22-16-9-10-17(18(23)14-16)20(26)24-19(13-15-7-3-1-4-8-15)21(27)25-11-5-2-6-12-25/h1,3-4,7-10,14,19H,2,5-6,11-13H2,(H,24,26). The molecule has 142 valence electrons. The Balaban J connectivity index is 1.79. The van der Waals surface area contributed by atoms with Crippen LogP contribution >= 0.6 is 23.2 Å². The van der Waals surface area contributed by atoms with Crippen LogP contribution in [-0.2, 0) is 11.2 Å². The number of halogens is 2. The van der Waals surface area contributed by atoms with Gasteiger partial charge in [0.1, 0.15) is 6.04 Å². The van der Waals surface area contributed by atoms with Crippen molar-refractivity contribution in [3.63, 3.8) is 0 Å². The Morgan fingerprint density at radius 3 is 2.37 bits per heavy atom. The first-order valence-corrected chi connectivity index (χ1v) is 9.89. The minimum Gasteiger partial charge on any atom is -0.341 e. The zero-order valence-corrected chi connectivity index (χ0v) is 16.5. The minimum atomic E-state index is -0.634. The van der Waals surface area contributed by atoms with E-state index in [0.717, 1.165) is 37.9 Å². The highest BCUT2D eigenvalue weighted by Crippen LogP contribution is 2.21. The van der Waals surface area contributed by atoms with Gasteiger partial charge in [0, 0.05) is 24.5 Å². The van der Waals surface area contributed by atoms with Crippen molar-refractivity contribution >= 4 is 35.0 Å². The third kappa shape index (κ3) is 5.24. The fourth-order valence-corrected chi connectivity index (χ4v) is 3.79. The second-order valence-electron chi connectivity index (χ2n) is 6.73. The lowest BCUT2D eigenvalue weighted by Gasteiger charge is -2.31. The quantitative estimate of drug-likeness (QED) is 0.804. The molecule has 1 atom stereocenters. The van der Waals surface area contributed by atoms with Crippen LogP contribution in [0.3, 0.4) is 0 Å². The van der Waals surface area contributed by atoms with Gasteiger partial charge in [-0.3, -0.25) is 9.59 Å². The van der Waals surface area contributed by atoms with Crippen LogP contribution in [0.5, 0.6) is 0 Å². The molecule has 0 aliphatic carbocycles. The monoisotopic (exact) mass is 404 g/mol. The third-order valence-corrected chi connectivity index (χ3v) is 5.28. The number of nitrogens with zero attached hydrogens (tertiary/aromatic N) is 1. The van der Waals surface area contributed by atoms with Crippen LogP contribution < -0.4 is 5.32 Å². The lowest BCUT2D eigenvalue weighted by molar-refractivity contribution is -0.134. The molecule has 1 N–H and O–H groups in total. The van der Waals surface area contributed by atoms with Gasteiger partial charge in [-0.2, -0.15) is 0 Å². The molecule has 0 bridgehead atoms. The molecule has 3 rings (SSSR count). The SMILES string of the molecule is O=C(NC(Cc1ccccc1)C(=O)N1CCCCC1)c1ccc(Cl)cc1Cl. The van der Waals surface area contributed by atoms with Crippen molar-refractivity contribution in [3.8, 4) is 0 Å². The second-order valence-corrected chi connectivity index (χ2v) is 7.57. The molecule has 2 aromatic carbocycles. The Morgan fingerprint density at radius 1 is 1.00 bits per heavy atom. The lowest BCUT2D eigenvalue weighted by atomic mass is 10.0. The number of amides is 2. The van der Waals surface area contributed by atoms with Crippen LogP contribution in [0.2, 0.25) is 10.0 Å². The first kappa shape index (κ1) is 19.7. The summed E-state index contributed by atoms with van der Waals surface area (Å²) < 4.78 is 0. The highest BCUT2D eigenvalue weighted by atomic mass is 35.5. The van der Waals surface area contributed by atoms with Crippen molar-refractivity contribution < 1.29 is 9.59 Å². The maximum atomic E-state index is 13.1. The highest BCUT2D eigenvalue weighted by Gasteiger charge is 2.28. The van der Waals surface area contributed by atoms with E-state index in [1.54, 1.807) is 12.1 Å². The summed E-state index contributed by atoms with van der Waals surface area (Å²) in [6.45, 7) is 1.48. The van der Waals surface area contributed by atoms with Crippen LogP contribution in [0.15, 0.2) is 48.5 Å². The number of benzene rings is 2. The van der Waals surface area contributed by atoms with Crippen LogP contribution in [-0.4, -0.2) is 35.8 Å². The number of carbonyl (C=O) groups excluding carboxylic acids is 2. The van der Waals surface area contributed by atoms with Crippen molar-refractivity contribution in [1.29, 1.82) is 0 Å². The van der Waals surface area contributed by atoms with Gasteiger partial charge < -0.3 is 10.2 Å². The van der Waals surface area contributed by atoms with E-state index >= 15 is 0 Å². The van der Waals surface area contributed by atoms with Crippen LogP contribution in [0.4, 0.5) is 0 Å². The molecule has 2 amide bonds. The minimum absolute atomic E-state index is 0.0445. The van der Waals surface area contributed by atoms with E-state index in [0.29, 0.717) is 17.0 Å². The first-order chi connectivity index (χ1) is 13.0. The molecule has 27 heavy (non-hydrogen) atoms. The van der Waals surface area contributed by atoms with E-state index in [1.165, 1.54) is 6.07 Å². The van der Waals surface area contributed by atoms with Gasteiger partial charge in [-0.05, 0) is 43.0 Å². The van der Waals surface area contributed by atoms with E-state index in [-0.39, 0.29) is 16.8 Å². The summed E-state index contributed by atoms with van der Waals surface area (Å²) in [7, 11) is 0. The molecular formula is C21H22Cl2N2O2. The van der Waals surface area contributed by atoms with Gasteiger partial charge in [0.05, 0.1) is 10.6 Å². The molecule has 1 aliphatic heterocycles. The average Bonchev–Trinajstić information content (AvgIpc) is 2.68. The normalized spacial score (nSPS) is 15.3. The zero-order chi connectivity index (χ0) is 19.2. The summed E-state index contributed by atoms with van der Waals surface area (Å²) in [5, 5.41) is 3.61. The van der Waals surface area contributed by atoms with E-state index in [2.05, 4.69) is 5.32 Å². The molecule has 0 saturated carbocycles. The maximum Gasteiger partial charge on any atom is 0.253 e. The van der Waals surface area contributed by atoms with E-state index < -0.39 is 6.04 Å². The molecular weight excluding hydrogens is 383 g/mol. The number of carbonyl (C=O) groups is 2. The van der Waals surface area contributed by atoms with Gasteiger partial charge in [-0.1, -0.05) is 53.5 Å². The van der Waals surface area contributed by atoms with Crippen molar-refractivity contribution in [2.45, 2.75) is 31.7 Å². The molecule has 1 fully saturated rings. The fraction of sp³-hybridized carbons (Fsp3) is 0.333. The molecule has 1 heterocycles. The summed E-state index contributed by atoms with van der Waals surface area (Å²) in [5.41, 5.74) is 1.31. The number of piperidine rings is 1. The van der Waals surface area contributed by atoms with Gasteiger partial charge >= 0.3 is 0 Å². The highest BCUT2D eigenvalue weighted by molar-refractivity contribution is 6.36. The van der Waals surface area contributed by atoms with Crippen molar-refractivity contribution in [3.05, 3.63) is 69.7 Å². The second kappa shape index (κ2) is 9.25. The molecule has 0 radical (unpaired) electrons.